The van der Waals surface area contributed by atoms with Crippen LogP contribution in [0, 0.1) is 0 Å². The van der Waals surface area contributed by atoms with Crippen LogP contribution in [0.2, 0.25) is 0 Å². The molecular formula is C11H14BrNO. The molecule has 0 radical (unpaired) electrons. The average molecular weight is 256 g/mol. The van der Waals surface area contributed by atoms with Gasteiger partial charge in [-0.05, 0) is 41.9 Å². The van der Waals surface area contributed by atoms with E-state index in [2.05, 4.69) is 34.7 Å². The van der Waals surface area contributed by atoms with Crippen LogP contribution in [0.3, 0.4) is 0 Å². The van der Waals surface area contributed by atoms with Gasteiger partial charge in [-0.2, -0.15) is 0 Å². The van der Waals surface area contributed by atoms with Crippen LogP contribution in [0.15, 0.2) is 22.7 Å². The van der Waals surface area contributed by atoms with Crippen molar-refractivity contribution in [3.63, 3.8) is 0 Å². The first-order valence-electron chi connectivity index (χ1n) is 4.73. The van der Waals surface area contributed by atoms with Crippen molar-refractivity contribution < 1.29 is 4.79 Å². The van der Waals surface area contributed by atoms with Crippen LogP contribution in [0.25, 0.3) is 0 Å². The van der Waals surface area contributed by atoms with Gasteiger partial charge in [0.1, 0.15) is 0 Å². The fraction of sp³-hybridized carbons (Fsp3) is 0.364. The lowest BCUT2D eigenvalue weighted by atomic mass is 10.2. The van der Waals surface area contributed by atoms with Gasteiger partial charge in [0.05, 0.1) is 5.56 Å². The van der Waals surface area contributed by atoms with Crippen LogP contribution >= 0.6 is 15.9 Å². The van der Waals surface area contributed by atoms with Crippen LogP contribution < -0.4 is 4.90 Å². The summed E-state index contributed by atoms with van der Waals surface area (Å²) in [5.74, 6) is 0. The van der Waals surface area contributed by atoms with E-state index in [-0.39, 0.29) is 0 Å². The zero-order valence-corrected chi connectivity index (χ0v) is 10.0. The number of nitrogens with zero attached hydrogens (tertiary/aromatic N) is 1. The fourth-order valence-electron chi connectivity index (χ4n) is 1.48. The van der Waals surface area contributed by atoms with E-state index in [4.69, 9.17) is 0 Å². The molecule has 3 heteroatoms. The molecule has 0 aliphatic rings. The summed E-state index contributed by atoms with van der Waals surface area (Å²) in [4.78, 5) is 13.1. The average Bonchev–Trinajstić information content (AvgIpc) is 2.20. The molecule has 76 valence electrons. The number of carbonyl (C=O) groups is 1. The molecule has 0 aliphatic heterocycles. The summed E-state index contributed by atoms with van der Waals surface area (Å²) in [5, 5.41) is 0. The molecule has 0 unspecified atom stereocenters. The number of carbonyl (C=O) groups excluding carboxylic acids is 1. The van der Waals surface area contributed by atoms with Crippen LogP contribution in [0.1, 0.15) is 24.2 Å². The van der Waals surface area contributed by atoms with Gasteiger partial charge in [-0.1, -0.05) is 6.07 Å². The lowest BCUT2D eigenvalue weighted by molar-refractivity contribution is 0.112. The van der Waals surface area contributed by atoms with E-state index in [1.165, 1.54) is 0 Å². The summed E-state index contributed by atoms with van der Waals surface area (Å²) in [6.07, 6.45) is 0.901. The maximum Gasteiger partial charge on any atom is 0.153 e. The molecule has 1 rings (SSSR count). The number of hydrogen-bond donors (Lipinski definition) is 0. The molecule has 0 aromatic heterocycles. The number of rotatable bonds is 4. The first-order chi connectivity index (χ1) is 6.74. The third-order valence-corrected chi connectivity index (χ3v) is 2.94. The summed E-state index contributed by atoms with van der Waals surface area (Å²) in [6.45, 7) is 5.99. The van der Waals surface area contributed by atoms with E-state index in [0.717, 1.165) is 35.1 Å². The van der Waals surface area contributed by atoms with Gasteiger partial charge in [0.25, 0.3) is 0 Å². The minimum atomic E-state index is 0.733. The minimum Gasteiger partial charge on any atom is -0.371 e. The van der Waals surface area contributed by atoms with Gasteiger partial charge >= 0.3 is 0 Å². The standard InChI is InChI=1S/C11H14BrNO/c1-3-13(4-2)11-7-5-6-10(12)9(11)8-14/h5-8H,3-4H2,1-2H3. The van der Waals surface area contributed by atoms with Crippen molar-refractivity contribution in [2.45, 2.75) is 13.8 Å². The Labute approximate surface area is 93.0 Å². The van der Waals surface area contributed by atoms with E-state index < -0.39 is 0 Å². The Hall–Kier alpha value is -0.830. The van der Waals surface area contributed by atoms with E-state index >= 15 is 0 Å². The quantitative estimate of drug-likeness (QED) is 0.771. The van der Waals surface area contributed by atoms with E-state index in [0.29, 0.717) is 0 Å². The van der Waals surface area contributed by atoms with Gasteiger partial charge in [0, 0.05) is 23.2 Å². The zero-order valence-electron chi connectivity index (χ0n) is 8.46. The Bertz CT molecular complexity index is 321. The van der Waals surface area contributed by atoms with Gasteiger partial charge in [-0.15, -0.1) is 0 Å². The highest BCUT2D eigenvalue weighted by Crippen LogP contribution is 2.25. The third-order valence-electron chi connectivity index (χ3n) is 2.25. The highest BCUT2D eigenvalue weighted by molar-refractivity contribution is 9.10. The monoisotopic (exact) mass is 255 g/mol. The van der Waals surface area contributed by atoms with Crippen molar-refractivity contribution in [3.8, 4) is 0 Å². The molecule has 2 nitrogen and oxygen atoms in total. The van der Waals surface area contributed by atoms with Gasteiger partial charge in [0.15, 0.2) is 6.29 Å². The molecule has 1 aromatic rings. The maximum absolute atomic E-state index is 10.9. The van der Waals surface area contributed by atoms with Crippen molar-refractivity contribution >= 4 is 27.9 Å². The molecule has 0 atom stereocenters. The van der Waals surface area contributed by atoms with E-state index in [9.17, 15) is 4.79 Å². The molecule has 0 bridgehead atoms. The number of anilines is 1. The molecule has 0 spiro atoms. The summed E-state index contributed by atoms with van der Waals surface area (Å²) in [6, 6.07) is 5.81. The molecule has 0 fully saturated rings. The smallest absolute Gasteiger partial charge is 0.153 e. The number of aldehydes is 1. The molecule has 0 heterocycles. The lowest BCUT2D eigenvalue weighted by Crippen LogP contribution is -2.23. The highest BCUT2D eigenvalue weighted by Gasteiger charge is 2.09. The van der Waals surface area contributed by atoms with Crippen LogP contribution in [-0.4, -0.2) is 19.4 Å². The van der Waals surface area contributed by atoms with Crippen molar-refractivity contribution in [2.24, 2.45) is 0 Å². The first kappa shape index (κ1) is 11.2. The third kappa shape index (κ3) is 2.15. The Morgan fingerprint density at radius 2 is 2.00 bits per heavy atom. The van der Waals surface area contributed by atoms with Crippen molar-refractivity contribution in [3.05, 3.63) is 28.2 Å². The molecule has 0 aliphatic carbocycles. The van der Waals surface area contributed by atoms with Crippen molar-refractivity contribution in [1.29, 1.82) is 0 Å². The second kappa shape index (κ2) is 5.15. The fourth-order valence-corrected chi connectivity index (χ4v) is 1.93. The van der Waals surface area contributed by atoms with E-state index in [1.54, 1.807) is 0 Å². The second-order valence-electron chi connectivity index (χ2n) is 2.96. The first-order valence-corrected chi connectivity index (χ1v) is 5.52. The summed E-state index contributed by atoms with van der Waals surface area (Å²) >= 11 is 3.38. The normalized spacial score (nSPS) is 9.93. The van der Waals surface area contributed by atoms with Gasteiger partial charge in [0.2, 0.25) is 0 Å². The topological polar surface area (TPSA) is 20.3 Å². The molecule has 0 saturated carbocycles. The molecule has 0 N–H and O–H groups in total. The Balaban J connectivity index is 3.18. The second-order valence-corrected chi connectivity index (χ2v) is 3.82. The Morgan fingerprint density at radius 1 is 1.36 bits per heavy atom. The van der Waals surface area contributed by atoms with Gasteiger partial charge in [-0.25, -0.2) is 0 Å². The SMILES string of the molecule is CCN(CC)c1cccc(Br)c1C=O. The lowest BCUT2D eigenvalue weighted by Gasteiger charge is -2.22. The summed E-state index contributed by atoms with van der Waals surface area (Å²) < 4.78 is 0.858. The Kier molecular flexibility index (Phi) is 4.14. The predicted molar refractivity (Wildman–Crippen MR) is 63.1 cm³/mol. The maximum atomic E-state index is 10.9. The zero-order chi connectivity index (χ0) is 10.6. The highest BCUT2D eigenvalue weighted by atomic mass is 79.9. The molecule has 0 saturated heterocycles. The molecule has 14 heavy (non-hydrogen) atoms. The molecule has 0 amide bonds. The van der Waals surface area contributed by atoms with Crippen LogP contribution in [-0.2, 0) is 0 Å². The number of benzene rings is 1. The van der Waals surface area contributed by atoms with Crippen molar-refractivity contribution in [2.75, 3.05) is 18.0 Å². The van der Waals surface area contributed by atoms with Crippen molar-refractivity contribution in [1.82, 2.24) is 0 Å². The summed E-state index contributed by atoms with van der Waals surface area (Å²) in [5.41, 5.74) is 1.73. The van der Waals surface area contributed by atoms with Crippen LogP contribution in [0.4, 0.5) is 5.69 Å². The number of hydrogen-bond acceptors (Lipinski definition) is 2. The molecule has 1 aromatic carbocycles. The minimum absolute atomic E-state index is 0.733. The summed E-state index contributed by atoms with van der Waals surface area (Å²) in [7, 11) is 0. The molecular weight excluding hydrogens is 242 g/mol. The van der Waals surface area contributed by atoms with Gasteiger partial charge < -0.3 is 4.90 Å². The van der Waals surface area contributed by atoms with Gasteiger partial charge in [-0.3, -0.25) is 4.79 Å². The predicted octanol–water partition coefficient (Wildman–Crippen LogP) is 3.11. The van der Waals surface area contributed by atoms with E-state index in [1.807, 2.05) is 18.2 Å². The Morgan fingerprint density at radius 3 is 2.50 bits per heavy atom. The van der Waals surface area contributed by atoms with Crippen LogP contribution in [0.5, 0.6) is 0 Å². The largest absolute Gasteiger partial charge is 0.371 e. The number of halogens is 1.